The number of benzene rings is 1. The molecule has 2 aromatic rings. The summed E-state index contributed by atoms with van der Waals surface area (Å²) in [6, 6.07) is 5.10. The number of aromatic nitrogens is 3. The van der Waals surface area contributed by atoms with Gasteiger partial charge in [0.2, 0.25) is 0 Å². The fraction of sp³-hybridized carbons (Fsp3) is 0.467. The number of hydrogen-bond donors (Lipinski definition) is 1. The van der Waals surface area contributed by atoms with E-state index in [1.807, 2.05) is 0 Å². The first-order chi connectivity index (χ1) is 11.5. The van der Waals surface area contributed by atoms with E-state index in [0.717, 1.165) is 30.9 Å². The molecule has 0 amide bonds. The Labute approximate surface area is 141 Å². The molecule has 0 unspecified atom stereocenters. The van der Waals surface area contributed by atoms with Crippen molar-refractivity contribution in [3.63, 3.8) is 0 Å². The second-order valence-corrected chi connectivity index (χ2v) is 6.51. The zero-order valence-electron chi connectivity index (χ0n) is 12.8. The normalized spacial score (nSPS) is 18.2. The van der Waals surface area contributed by atoms with E-state index in [9.17, 15) is 13.2 Å². The molecule has 2 heterocycles. The van der Waals surface area contributed by atoms with Gasteiger partial charge in [0.25, 0.3) is 0 Å². The number of nitrogens with two attached hydrogens (primary N) is 1. The summed E-state index contributed by atoms with van der Waals surface area (Å²) in [5.41, 5.74) is 5.32. The average molecular weight is 358 g/mol. The first-order valence-electron chi connectivity index (χ1n) is 7.51. The van der Waals surface area contributed by atoms with Crippen molar-refractivity contribution in [3.8, 4) is 5.69 Å². The van der Waals surface area contributed by atoms with Gasteiger partial charge in [-0.15, -0.1) is 10.2 Å². The van der Waals surface area contributed by atoms with E-state index >= 15 is 0 Å². The van der Waals surface area contributed by atoms with Crippen molar-refractivity contribution in [1.82, 2.24) is 14.8 Å². The van der Waals surface area contributed by atoms with E-state index in [0.29, 0.717) is 29.2 Å². The summed E-state index contributed by atoms with van der Waals surface area (Å²) < 4.78 is 45.8. The van der Waals surface area contributed by atoms with Crippen LogP contribution in [-0.4, -0.2) is 33.7 Å². The third-order valence-corrected chi connectivity index (χ3v) is 4.95. The lowest BCUT2D eigenvalue weighted by atomic mass is 10.2. The monoisotopic (exact) mass is 358 g/mol. The molecular weight excluding hydrogens is 341 g/mol. The fourth-order valence-electron chi connectivity index (χ4n) is 2.51. The smallest absolute Gasteiger partial charge is 0.381 e. The Balaban J connectivity index is 1.89. The molecule has 1 aromatic heterocycles. The summed E-state index contributed by atoms with van der Waals surface area (Å²) in [7, 11) is 0. The Morgan fingerprint density at radius 2 is 2.17 bits per heavy atom. The van der Waals surface area contributed by atoms with Crippen LogP contribution in [0, 0.1) is 5.92 Å². The van der Waals surface area contributed by atoms with E-state index in [1.54, 1.807) is 10.6 Å². The molecule has 1 fully saturated rings. The molecule has 1 aliphatic heterocycles. The van der Waals surface area contributed by atoms with E-state index < -0.39 is 11.7 Å². The maximum Gasteiger partial charge on any atom is 0.416 e. The summed E-state index contributed by atoms with van der Waals surface area (Å²) in [5.74, 6) is 1.63. The van der Waals surface area contributed by atoms with Gasteiger partial charge < -0.3 is 10.5 Å². The summed E-state index contributed by atoms with van der Waals surface area (Å²) in [5, 5.41) is 8.64. The van der Waals surface area contributed by atoms with Crippen molar-refractivity contribution >= 4 is 11.8 Å². The lowest BCUT2D eigenvalue weighted by molar-refractivity contribution is -0.137. The second-order valence-electron chi connectivity index (χ2n) is 5.53. The molecule has 1 atom stereocenters. The molecule has 0 saturated carbocycles. The van der Waals surface area contributed by atoms with E-state index in [1.165, 1.54) is 17.8 Å². The number of alkyl halides is 3. The van der Waals surface area contributed by atoms with E-state index in [4.69, 9.17) is 10.5 Å². The van der Waals surface area contributed by atoms with Gasteiger partial charge >= 0.3 is 6.18 Å². The number of hydrogen-bond acceptors (Lipinski definition) is 5. The Hall–Kier alpha value is -1.58. The third-order valence-electron chi connectivity index (χ3n) is 3.79. The standard InChI is InChI=1S/C15H17F3N4OS/c16-15(17,18)11-2-1-3-12(6-11)22-13(7-19)20-21-14(22)24-9-10-4-5-23-8-10/h1-3,6,10H,4-5,7-9,19H2/t10-/m1/s1. The van der Waals surface area contributed by atoms with Crippen molar-refractivity contribution in [2.75, 3.05) is 19.0 Å². The number of thioether (sulfide) groups is 1. The molecule has 3 rings (SSSR count). The van der Waals surface area contributed by atoms with Crippen LogP contribution in [0.15, 0.2) is 29.4 Å². The zero-order chi connectivity index (χ0) is 17.2. The van der Waals surface area contributed by atoms with Gasteiger partial charge in [-0.25, -0.2) is 0 Å². The van der Waals surface area contributed by atoms with Crippen LogP contribution in [0.25, 0.3) is 5.69 Å². The van der Waals surface area contributed by atoms with Crippen LogP contribution in [0.1, 0.15) is 17.8 Å². The maximum atomic E-state index is 13.0. The third kappa shape index (κ3) is 3.73. The van der Waals surface area contributed by atoms with E-state index in [-0.39, 0.29) is 6.54 Å². The maximum absolute atomic E-state index is 13.0. The van der Waals surface area contributed by atoms with E-state index in [2.05, 4.69) is 10.2 Å². The van der Waals surface area contributed by atoms with Gasteiger partial charge in [0.15, 0.2) is 11.0 Å². The average Bonchev–Trinajstić information content (AvgIpc) is 3.21. The van der Waals surface area contributed by atoms with Crippen LogP contribution in [0.4, 0.5) is 13.2 Å². The molecule has 0 spiro atoms. The predicted molar refractivity (Wildman–Crippen MR) is 83.9 cm³/mol. The molecule has 2 N–H and O–H groups in total. The molecule has 5 nitrogen and oxygen atoms in total. The minimum atomic E-state index is -4.40. The largest absolute Gasteiger partial charge is 0.416 e. The quantitative estimate of drug-likeness (QED) is 0.833. The van der Waals surface area contributed by atoms with Crippen molar-refractivity contribution in [2.45, 2.75) is 24.3 Å². The topological polar surface area (TPSA) is 66.0 Å². The Kier molecular flexibility index (Phi) is 5.12. The van der Waals surface area contributed by atoms with Gasteiger partial charge in [0.05, 0.1) is 24.4 Å². The van der Waals surface area contributed by atoms with Gasteiger partial charge in [-0.2, -0.15) is 13.2 Å². The van der Waals surface area contributed by atoms with Gasteiger partial charge in [-0.3, -0.25) is 4.57 Å². The lowest BCUT2D eigenvalue weighted by Crippen LogP contribution is -2.11. The van der Waals surface area contributed by atoms with Gasteiger partial charge in [0.1, 0.15) is 0 Å². The highest BCUT2D eigenvalue weighted by molar-refractivity contribution is 7.99. The number of halogens is 3. The minimum Gasteiger partial charge on any atom is -0.381 e. The highest BCUT2D eigenvalue weighted by Gasteiger charge is 2.31. The molecule has 1 aliphatic rings. The van der Waals surface area contributed by atoms with Gasteiger partial charge in [0, 0.05) is 12.4 Å². The summed E-state index contributed by atoms with van der Waals surface area (Å²) >= 11 is 1.46. The molecule has 130 valence electrons. The van der Waals surface area contributed by atoms with Gasteiger partial charge in [-0.05, 0) is 30.5 Å². The Morgan fingerprint density at radius 1 is 1.33 bits per heavy atom. The second kappa shape index (κ2) is 7.12. The van der Waals surface area contributed by atoms with Crippen LogP contribution in [-0.2, 0) is 17.5 Å². The summed E-state index contributed by atoms with van der Waals surface area (Å²) in [4.78, 5) is 0. The Morgan fingerprint density at radius 3 is 2.83 bits per heavy atom. The number of nitrogens with zero attached hydrogens (tertiary/aromatic N) is 3. The summed E-state index contributed by atoms with van der Waals surface area (Å²) in [6.45, 7) is 1.55. The van der Waals surface area contributed by atoms with Crippen LogP contribution < -0.4 is 5.73 Å². The molecule has 9 heteroatoms. The van der Waals surface area contributed by atoms with Crippen LogP contribution >= 0.6 is 11.8 Å². The van der Waals surface area contributed by atoms with Crippen molar-refractivity contribution in [2.24, 2.45) is 11.7 Å². The molecule has 1 saturated heterocycles. The summed E-state index contributed by atoms with van der Waals surface area (Å²) in [6.07, 6.45) is -3.42. The zero-order valence-corrected chi connectivity index (χ0v) is 13.6. The molecule has 0 radical (unpaired) electrons. The predicted octanol–water partition coefficient (Wildman–Crippen LogP) is 2.87. The van der Waals surface area contributed by atoms with Gasteiger partial charge in [-0.1, -0.05) is 17.8 Å². The first kappa shape index (κ1) is 17.2. The van der Waals surface area contributed by atoms with Crippen LogP contribution in [0.3, 0.4) is 0 Å². The molecule has 24 heavy (non-hydrogen) atoms. The highest BCUT2D eigenvalue weighted by atomic mass is 32.2. The van der Waals surface area contributed by atoms with Crippen molar-refractivity contribution in [1.29, 1.82) is 0 Å². The molecular formula is C15H17F3N4OS. The number of ether oxygens (including phenoxy) is 1. The minimum absolute atomic E-state index is 0.0936. The molecule has 0 aliphatic carbocycles. The Bertz CT molecular complexity index is 698. The van der Waals surface area contributed by atoms with Crippen molar-refractivity contribution < 1.29 is 17.9 Å². The van der Waals surface area contributed by atoms with Crippen LogP contribution in [0.2, 0.25) is 0 Å². The van der Waals surface area contributed by atoms with Crippen LogP contribution in [0.5, 0.6) is 0 Å². The molecule has 0 bridgehead atoms. The highest BCUT2D eigenvalue weighted by Crippen LogP contribution is 2.32. The van der Waals surface area contributed by atoms with Crippen molar-refractivity contribution in [3.05, 3.63) is 35.7 Å². The number of rotatable bonds is 5. The molecule has 1 aromatic carbocycles. The first-order valence-corrected chi connectivity index (χ1v) is 8.50. The lowest BCUT2D eigenvalue weighted by Gasteiger charge is -2.13. The fourth-order valence-corrected chi connectivity index (χ4v) is 3.60. The SMILES string of the molecule is NCc1nnc(SC[C@@H]2CCOC2)n1-c1cccc(C(F)(F)F)c1.